The number of aromatic nitrogens is 1. The minimum atomic E-state index is -4.62. The van der Waals surface area contributed by atoms with Crippen LogP contribution in [0, 0.1) is 5.82 Å². The van der Waals surface area contributed by atoms with Crippen LogP contribution in [0.15, 0.2) is 24.4 Å². The Morgan fingerprint density at radius 1 is 1.39 bits per heavy atom. The number of methoxy groups -OCH3 is 1. The number of nitrogens with zero attached hydrogens (tertiary/aromatic N) is 2. The Hall–Kier alpha value is -2.59. The van der Waals surface area contributed by atoms with E-state index in [2.05, 4.69) is 4.98 Å². The number of alkyl halides is 3. The molecule has 3 rings (SSSR count). The minimum absolute atomic E-state index is 0.0672. The Kier molecular flexibility index (Phi) is 6.61. The molecule has 1 saturated heterocycles. The fraction of sp³-hybridized carbons (Fsp3) is 0.400. The normalized spacial score (nSPS) is 17.5. The Labute approximate surface area is 181 Å². The van der Waals surface area contributed by atoms with Crippen LogP contribution in [0.3, 0.4) is 0 Å². The third-order valence-corrected chi connectivity index (χ3v) is 5.20. The van der Waals surface area contributed by atoms with E-state index in [9.17, 15) is 22.4 Å². The van der Waals surface area contributed by atoms with Gasteiger partial charge < -0.3 is 20.7 Å². The molecule has 11 heteroatoms. The molecule has 0 radical (unpaired) electrons. The van der Waals surface area contributed by atoms with E-state index in [0.717, 1.165) is 19.2 Å². The molecule has 0 aliphatic carbocycles. The van der Waals surface area contributed by atoms with Gasteiger partial charge in [-0.2, -0.15) is 13.2 Å². The highest BCUT2D eigenvalue weighted by atomic mass is 35.5. The van der Waals surface area contributed by atoms with Gasteiger partial charge in [-0.15, -0.1) is 0 Å². The number of benzene rings is 1. The lowest BCUT2D eigenvalue weighted by atomic mass is 10.00. The first kappa shape index (κ1) is 23.1. The number of anilines is 1. The maximum atomic E-state index is 14.1. The molecule has 2 heterocycles. The van der Waals surface area contributed by atoms with Gasteiger partial charge in [-0.1, -0.05) is 11.6 Å². The van der Waals surface area contributed by atoms with E-state index in [4.69, 9.17) is 22.1 Å². The molecule has 0 spiro atoms. The number of rotatable bonds is 5. The van der Waals surface area contributed by atoms with Crippen LogP contribution in [0.5, 0.6) is 5.88 Å². The summed E-state index contributed by atoms with van der Waals surface area (Å²) in [5.74, 6) is -1.54. The van der Waals surface area contributed by atoms with Gasteiger partial charge in [0.1, 0.15) is 11.9 Å². The van der Waals surface area contributed by atoms with Crippen LogP contribution in [-0.2, 0) is 0 Å². The quantitative estimate of drug-likeness (QED) is 0.664. The molecule has 0 bridgehead atoms. The molecule has 1 aliphatic rings. The molecule has 1 aliphatic heterocycles. The fourth-order valence-corrected chi connectivity index (χ4v) is 3.66. The Morgan fingerprint density at radius 3 is 2.65 bits per heavy atom. The van der Waals surface area contributed by atoms with Gasteiger partial charge in [0.05, 0.1) is 23.9 Å². The van der Waals surface area contributed by atoms with Crippen molar-refractivity contribution >= 4 is 23.2 Å². The molecule has 2 atom stereocenters. The zero-order valence-electron chi connectivity index (χ0n) is 16.8. The second-order valence-corrected chi connectivity index (χ2v) is 7.73. The van der Waals surface area contributed by atoms with Crippen LogP contribution in [0.1, 0.15) is 23.7 Å². The monoisotopic (exact) mass is 460 g/mol. The molecule has 2 aromatic rings. The predicted octanol–water partition coefficient (Wildman–Crippen LogP) is 3.77. The number of nitrogens with one attached hydrogen (secondary N) is 1. The van der Waals surface area contributed by atoms with Crippen molar-refractivity contribution < 1.29 is 27.1 Å². The lowest BCUT2D eigenvalue weighted by Crippen LogP contribution is -2.43. The zero-order chi connectivity index (χ0) is 22.9. The molecule has 1 aromatic heterocycles. The number of pyridine rings is 1. The van der Waals surface area contributed by atoms with Gasteiger partial charge in [-0.3, -0.25) is 4.79 Å². The molecule has 1 fully saturated rings. The highest BCUT2D eigenvalue weighted by molar-refractivity contribution is 6.31. The number of halogens is 5. The molecule has 168 valence electrons. The molecule has 1 amide bonds. The van der Waals surface area contributed by atoms with Crippen molar-refractivity contribution in [3.8, 4) is 17.0 Å². The Balaban J connectivity index is 2.21. The lowest BCUT2D eigenvalue weighted by Gasteiger charge is -2.26. The van der Waals surface area contributed by atoms with Crippen molar-refractivity contribution in [3.05, 3.63) is 40.8 Å². The number of carbonyl (C=O) groups is 1. The summed E-state index contributed by atoms with van der Waals surface area (Å²) in [4.78, 5) is 18.7. The molecule has 6 nitrogen and oxygen atoms in total. The van der Waals surface area contributed by atoms with Crippen LogP contribution in [-0.4, -0.2) is 49.4 Å². The minimum Gasteiger partial charge on any atom is -0.480 e. The number of carbonyl (C=O) groups excluding carboxylic acids is 1. The highest BCUT2D eigenvalue weighted by Gasteiger charge is 2.38. The van der Waals surface area contributed by atoms with Crippen molar-refractivity contribution in [1.29, 1.82) is 0 Å². The summed E-state index contributed by atoms with van der Waals surface area (Å²) in [5, 5.41) is 2.05. The van der Waals surface area contributed by atoms with Gasteiger partial charge in [0.25, 0.3) is 5.91 Å². The first-order valence-corrected chi connectivity index (χ1v) is 9.80. The van der Waals surface area contributed by atoms with Gasteiger partial charge in [-0.25, -0.2) is 9.37 Å². The summed E-state index contributed by atoms with van der Waals surface area (Å²) < 4.78 is 58.4. The summed E-state index contributed by atoms with van der Waals surface area (Å²) in [6.07, 6.45) is -2.88. The molecular weight excluding hydrogens is 440 g/mol. The molecule has 1 aromatic carbocycles. The first-order valence-electron chi connectivity index (χ1n) is 9.42. The van der Waals surface area contributed by atoms with Crippen LogP contribution in [0.4, 0.5) is 23.2 Å². The first-order chi connectivity index (χ1) is 14.5. The van der Waals surface area contributed by atoms with Crippen LogP contribution < -0.4 is 20.7 Å². The summed E-state index contributed by atoms with van der Waals surface area (Å²) in [7, 11) is 1.34. The van der Waals surface area contributed by atoms with E-state index in [1.807, 2.05) is 5.32 Å². The molecular formula is C20H21ClF4N4O2. The van der Waals surface area contributed by atoms with Crippen LogP contribution in [0.2, 0.25) is 5.02 Å². The fourth-order valence-electron chi connectivity index (χ4n) is 3.44. The number of ether oxygens (including phenoxy) is 1. The molecule has 3 N–H and O–H groups in total. The second-order valence-electron chi connectivity index (χ2n) is 7.29. The van der Waals surface area contributed by atoms with Gasteiger partial charge in [0.2, 0.25) is 5.88 Å². The number of nitrogens with two attached hydrogens (primary N) is 1. The van der Waals surface area contributed by atoms with Gasteiger partial charge >= 0.3 is 6.18 Å². The van der Waals surface area contributed by atoms with Crippen molar-refractivity contribution in [3.63, 3.8) is 0 Å². The third kappa shape index (κ3) is 5.01. The maximum Gasteiger partial charge on any atom is 0.408 e. The topological polar surface area (TPSA) is 80.5 Å². The van der Waals surface area contributed by atoms with Crippen LogP contribution >= 0.6 is 11.6 Å². The van der Waals surface area contributed by atoms with Crippen molar-refractivity contribution in [1.82, 2.24) is 10.3 Å². The van der Waals surface area contributed by atoms with Gasteiger partial charge in [-0.05, 0) is 37.1 Å². The SMILES string of the molecule is COc1ncc(C(=O)NC(C)C(F)(F)F)c(N2CC[C@H](N)C2)c1-c1cc(F)cc(Cl)c1. The van der Waals surface area contributed by atoms with E-state index >= 15 is 0 Å². The smallest absolute Gasteiger partial charge is 0.408 e. The summed E-state index contributed by atoms with van der Waals surface area (Å²) in [5.41, 5.74) is 6.67. The predicted molar refractivity (Wildman–Crippen MR) is 109 cm³/mol. The van der Waals surface area contributed by atoms with E-state index < -0.39 is 23.9 Å². The van der Waals surface area contributed by atoms with Gasteiger partial charge in [0, 0.05) is 30.4 Å². The number of amides is 1. The van der Waals surface area contributed by atoms with Gasteiger partial charge in [0.15, 0.2) is 0 Å². The Bertz CT molecular complexity index is 966. The molecule has 0 saturated carbocycles. The molecule has 1 unspecified atom stereocenters. The number of hydrogen-bond acceptors (Lipinski definition) is 5. The van der Waals surface area contributed by atoms with Crippen molar-refractivity contribution in [2.24, 2.45) is 5.73 Å². The largest absolute Gasteiger partial charge is 0.480 e. The zero-order valence-corrected chi connectivity index (χ0v) is 17.5. The van der Waals surface area contributed by atoms with E-state index in [1.54, 1.807) is 4.90 Å². The summed E-state index contributed by atoms with van der Waals surface area (Å²) in [6, 6.07) is 1.48. The van der Waals surface area contributed by atoms with Crippen molar-refractivity contribution in [2.45, 2.75) is 31.6 Å². The average Bonchev–Trinajstić information content (AvgIpc) is 3.11. The van der Waals surface area contributed by atoms with Crippen LogP contribution in [0.25, 0.3) is 11.1 Å². The van der Waals surface area contributed by atoms with E-state index in [-0.39, 0.29) is 39.3 Å². The third-order valence-electron chi connectivity index (χ3n) is 4.99. The molecule has 31 heavy (non-hydrogen) atoms. The summed E-state index contributed by atoms with van der Waals surface area (Å²) >= 11 is 6.01. The lowest BCUT2D eigenvalue weighted by molar-refractivity contribution is -0.149. The van der Waals surface area contributed by atoms with E-state index in [1.165, 1.54) is 19.2 Å². The standard InChI is InChI=1S/C20H21ClF4N4O2/c1-10(20(23,24)25)28-18(30)15-8-27-19(31-2)16(11-5-12(21)7-13(22)6-11)17(15)29-4-3-14(26)9-29/h5-8,10,14H,3-4,9,26H2,1-2H3,(H,28,30)/t10?,14-/m0/s1. The maximum absolute atomic E-state index is 14.1. The Morgan fingerprint density at radius 2 is 2.10 bits per heavy atom. The number of hydrogen-bond donors (Lipinski definition) is 2. The highest BCUT2D eigenvalue weighted by Crippen LogP contribution is 2.42. The van der Waals surface area contributed by atoms with Crippen molar-refractivity contribution in [2.75, 3.05) is 25.1 Å². The van der Waals surface area contributed by atoms with E-state index in [0.29, 0.717) is 19.5 Å². The summed E-state index contributed by atoms with van der Waals surface area (Å²) in [6.45, 7) is 1.63. The second kappa shape index (κ2) is 8.88. The average molecular weight is 461 g/mol.